The molecule has 1 aromatic heterocycles. The number of rotatable bonds is 5. The number of nitrogens with zero attached hydrogens (tertiary/aromatic N) is 4. The molecule has 0 unspecified atom stereocenters. The zero-order valence-corrected chi connectivity index (χ0v) is 10.9. The first-order chi connectivity index (χ1) is 8.18. The van der Waals surface area contributed by atoms with Gasteiger partial charge in [0.2, 0.25) is 0 Å². The molecule has 0 spiro atoms. The van der Waals surface area contributed by atoms with Gasteiger partial charge < -0.3 is 10.6 Å². The first-order valence-corrected chi connectivity index (χ1v) is 6.59. The summed E-state index contributed by atoms with van der Waals surface area (Å²) in [5, 5.41) is 8.09. The number of nitrogen functional groups attached to an aromatic ring is 1. The Balaban J connectivity index is 1.85. The van der Waals surface area contributed by atoms with Gasteiger partial charge in [-0.25, -0.2) is 4.68 Å². The molecule has 1 saturated heterocycles. The molecular weight excluding hydrogens is 214 g/mol. The average molecular weight is 237 g/mol. The van der Waals surface area contributed by atoms with Crippen molar-refractivity contribution in [3.8, 4) is 0 Å². The Morgan fingerprint density at radius 3 is 2.59 bits per heavy atom. The minimum Gasteiger partial charge on any atom is -0.381 e. The first-order valence-electron chi connectivity index (χ1n) is 6.59. The Labute approximate surface area is 103 Å². The van der Waals surface area contributed by atoms with E-state index in [1.54, 1.807) is 0 Å². The van der Waals surface area contributed by atoms with Crippen LogP contribution in [0.3, 0.4) is 0 Å². The van der Waals surface area contributed by atoms with Crippen molar-refractivity contribution < 1.29 is 0 Å². The second-order valence-electron chi connectivity index (χ2n) is 5.14. The molecule has 0 amide bonds. The summed E-state index contributed by atoms with van der Waals surface area (Å²) in [6.07, 6.45) is 3.84. The number of aryl methyl sites for hydroxylation is 1. The van der Waals surface area contributed by atoms with E-state index in [9.17, 15) is 0 Å². The van der Waals surface area contributed by atoms with E-state index >= 15 is 0 Å². The molecule has 1 aliphatic rings. The van der Waals surface area contributed by atoms with Crippen LogP contribution in [0.15, 0.2) is 0 Å². The van der Waals surface area contributed by atoms with Gasteiger partial charge in [-0.05, 0) is 44.8 Å². The molecule has 1 aromatic rings. The van der Waals surface area contributed by atoms with Crippen molar-refractivity contribution in [1.82, 2.24) is 19.9 Å². The fraction of sp³-hybridized carbons (Fsp3) is 0.833. The fourth-order valence-electron chi connectivity index (χ4n) is 2.54. The molecule has 0 atom stereocenters. The quantitative estimate of drug-likeness (QED) is 0.842. The first kappa shape index (κ1) is 12.4. The number of aromatic nitrogens is 3. The molecule has 0 bridgehead atoms. The molecule has 2 N–H and O–H groups in total. The van der Waals surface area contributed by atoms with Gasteiger partial charge in [0.15, 0.2) is 5.82 Å². The number of nitrogens with two attached hydrogens (primary N) is 1. The zero-order chi connectivity index (χ0) is 12.3. The van der Waals surface area contributed by atoms with Crippen LogP contribution in [-0.2, 0) is 6.54 Å². The van der Waals surface area contributed by atoms with Crippen molar-refractivity contribution in [2.24, 2.45) is 0 Å². The normalized spacial score (nSPS) is 17.1. The molecule has 0 radical (unpaired) electrons. The lowest BCUT2D eigenvalue weighted by atomic mass is 10.1. The van der Waals surface area contributed by atoms with Gasteiger partial charge in [-0.2, -0.15) is 0 Å². The van der Waals surface area contributed by atoms with Crippen LogP contribution in [-0.4, -0.2) is 39.5 Å². The lowest BCUT2D eigenvalue weighted by Crippen LogP contribution is -2.22. The third-order valence-electron chi connectivity index (χ3n) is 3.39. The minimum absolute atomic E-state index is 0.386. The Bertz CT molecular complexity index is 352. The fourth-order valence-corrected chi connectivity index (χ4v) is 2.54. The summed E-state index contributed by atoms with van der Waals surface area (Å²) in [5.41, 5.74) is 6.91. The van der Waals surface area contributed by atoms with E-state index in [4.69, 9.17) is 5.73 Å². The van der Waals surface area contributed by atoms with Gasteiger partial charge in [-0.15, -0.1) is 5.10 Å². The van der Waals surface area contributed by atoms with Gasteiger partial charge in [0, 0.05) is 6.54 Å². The van der Waals surface area contributed by atoms with Crippen molar-refractivity contribution in [1.29, 1.82) is 0 Å². The molecule has 17 heavy (non-hydrogen) atoms. The molecule has 1 fully saturated rings. The highest BCUT2D eigenvalue weighted by molar-refractivity contribution is 5.34. The molecule has 0 saturated carbocycles. The summed E-state index contributed by atoms with van der Waals surface area (Å²) >= 11 is 0. The molecule has 96 valence electrons. The van der Waals surface area contributed by atoms with Gasteiger partial charge in [0.25, 0.3) is 0 Å². The Morgan fingerprint density at radius 1 is 1.24 bits per heavy atom. The summed E-state index contributed by atoms with van der Waals surface area (Å²) in [6, 6.07) is 0. The van der Waals surface area contributed by atoms with E-state index in [-0.39, 0.29) is 0 Å². The van der Waals surface area contributed by atoms with Crippen LogP contribution in [0.4, 0.5) is 5.82 Å². The smallest absolute Gasteiger partial charge is 0.169 e. The molecule has 2 heterocycles. The maximum atomic E-state index is 5.83. The third kappa shape index (κ3) is 2.97. The highest BCUT2D eigenvalue weighted by Gasteiger charge is 2.14. The minimum atomic E-state index is 0.386. The standard InChI is InChI=1S/C12H23N5/c1-10(2)11-12(13)14-15-17(11)9-5-8-16-6-3-4-7-16/h10H,3-9,13H2,1-2H3. The molecule has 1 aliphatic heterocycles. The zero-order valence-electron chi connectivity index (χ0n) is 10.9. The molecular formula is C12H23N5. The Kier molecular flexibility index (Phi) is 3.99. The van der Waals surface area contributed by atoms with Gasteiger partial charge in [-0.1, -0.05) is 19.1 Å². The number of hydrogen-bond acceptors (Lipinski definition) is 4. The van der Waals surface area contributed by atoms with Gasteiger partial charge in [0.1, 0.15) is 0 Å². The monoisotopic (exact) mass is 237 g/mol. The lowest BCUT2D eigenvalue weighted by Gasteiger charge is -2.15. The number of anilines is 1. The molecule has 2 rings (SSSR count). The molecule has 0 aliphatic carbocycles. The maximum Gasteiger partial charge on any atom is 0.169 e. The summed E-state index contributed by atoms with van der Waals surface area (Å²) in [4.78, 5) is 2.52. The average Bonchev–Trinajstić information content (AvgIpc) is 2.88. The van der Waals surface area contributed by atoms with E-state index in [1.165, 1.54) is 25.9 Å². The SMILES string of the molecule is CC(C)c1c(N)nnn1CCCN1CCCC1. The van der Waals surface area contributed by atoms with E-state index < -0.39 is 0 Å². The number of likely N-dealkylation sites (tertiary alicyclic amines) is 1. The van der Waals surface area contributed by atoms with Crippen LogP contribution in [0, 0.1) is 0 Å². The lowest BCUT2D eigenvalue weighted by molar-refractivity contribution is 0.320. The second kappa shape index (κ2) is 5.49. The Morgan fingerprint density at radius 2 is 1.94 bits per heavy atom. The highest BCUT2D eigenvalue weighted by atomic mass is 15.4. The summed E-state index contributed by atoms with van der Waals surface area (Å²) in [7, 11) is 0. The van der Waals surface area contributed by atoms with E-state index in [0.29, 0.717) is 11.7 Å². The van der Waals surface area contributed by atoms with E-state index in [2.05, 4.69) is 29.1 Å². The van der Waals surface area contributed by atoms with E-state index in [0.717, 1.165) is 25.2 Å². The predicted octanol–water partition coefficient (Wildman–Crippen LogP) is 1.47. The highest BCUT2D eigenvalue weighted by Crippen LogP contribution is 2.19. The van der Waals surface area contributed by atoms with Crippen molar-refractivity contribution in [3.63, 3.8) is 0 Å². The topological polar surface area (TPSA) is 60.0 Å². The van der Waals surface area contributed by atoms with Crippen LogP contribution < -0.4 is 5.73 Å². The van der Waals surface area contributed by atoms with Crippen LogP contribution in [0.1, 0.15) is 44.7 Å². The van der Waals surface area contributed by atoms with E-state index in [1.807, 2.05) is 4.68 Å². The van der Waals surface area contributed by atoms with Gasteiger partial charge in [-0.3, -0.25) is 0 Å². The van der Waals surface area contributed by atoms with Crippen molar-refractivity contribution in [2.45, 2.75) is 45.6 Å². The molecule has 0 aromatic carbocycles. The summed E-state index contributed by atoms with van der Waals surface area (Å²) < 4.78 is 1.97. The van der Waals surface area contributed by atoms with Crippen LogP contribution in [0.25, 0.3) is 0 Å². The summed E-state index contributed by atoms with van der Waals surface area (Å²) in [5.74, 6) is 0.970. The summed E-state index contributed by atoms with van der Waals surface area (Å²) in [6.45, 7) is 8.87. The van der Waals surface area contributed by atoms with Crippen molar-refractivity contribution >= 4 is 5.82 Å². The molecule has 5 heteroatoms. The third-order valence-corrected chi connectivity index (χ3v) is 3.39. The largest absolute Gasteiger partial charge is 0.381 e. The predicted molar refractivity (Wildman–Crippen MR) is 68.8 cm³/mol. The maximum absolute atomic E-state index is 5.83. The van der Waals surface area contributed by atoms with Crippen LogP contribution in [0.2, 0.25) is 0 Å². The van der Waals surface area contributed by atoms with Crippen LogP contribution in [0.5, 0.6) is 0 Å². The van der Waals surface area contributed by atoms with Gasteiger partial charge >= 0.3 is 0 Å². The second-order valence-corrected chi connectivity index (χ2v) is 5.14. The van der Waals surface area contributed by atoms with Crippen molar-refractivity contribution in [2.75, 3.05) is 25.4 Å². The van der Waals surface area contributed by atoms with Crippen molar-refractivity contribution in [3.05, 3.63) is 5.69 Å². The Hall–Kier alpha value is -1.10. The van der Waals surface area contributed by atoms with Crippen LogP contribution >= 0.6 is 0 Å². The van der Waals surface area contributed by atoms with Gasteiger partial charge in [0.05, 0.1) is 5.69 Å². The number of hydrogen-bond donors (Lipinski definition) is 1. The molecule has 5 nitrogen and oxygen atoms in total.